The van der Waals surface area contributed by atoms with Gasteiger partial charge in [0.1, 0.15) is 5.52 Å². The van der Waals surface area contributed by atoms with Crippen molar-refractivity contribution in [2.24, 2.45) is 0 Å². The minimum atomic E-state index is -3.45. The Bertz CT molecular complexity index is 1180. The molecule has 0 amide bonds. The summed E-state index contributed by atoms with van der Waals surface area (Å²) in [5.41, 5.74) is 4.46. The Morgan fingerprint density at radius 1 is 0.967 bits per heavy atom. The molecule has 1 fully saturated rings. The van der Waals surface area contributed by atoms with Crippen LogP contribution >= 0.6 is 0 Å². The lowest BCUT2D eigenvalue weighted by Gasteiger charge is -2.34. The van der Waals surface area contributed by atoms with Gasteiger partial charge in [0.05, 0.1) is 5.69 Å². The summed E-state index contributed by atoms with van der Waals surface area (Å²) in [5.74, 6) is 0.921. The zero-order valence-electron chi connectivity index (χ0n) is 16.8. The maximum Gasteiger partial charge on any atom is 0.236 e. The third-order valence-corrected chi connectivity index (χ3v) is 7.49. The Morgan fingerprint density at radius 2 is 1.73 bits per heavy atom. The summed E-state index contributed by atoms with van der Waals surface area (Å²) in [6, 6.07) is 9.49. The average molecular weight is 424 g/mol. The van der Waals surface area contributed by atoms with Crippen LogP contribution < -0.4 is 4.90 Å². The molecule has 30 heavy (non-hydrogen) atoms. The van der Waals surface area contributed by atoms with Crippen LogP contribution in [-0.4, -0.2) is 53.5 Å². The van der Waals surface area contributed by atoms with Gasteiger partial charge in [0.2, 0.25) is 10.0 Å². The van der Waals surface area contributed by atoms with Crippen molar-refractivity contribution in [3.8, 4) is 0 Å². The molecule has 8 heteroatoms. The second kappa shape index (κ2) is 7.85. The van der Waals surface area contributed by atoms with Crippen LogP contribution in [0.1, 0.15) is 29.7 Å². The number of benzene rings is 1. The van der Waals surface area contributed by atoms with Gasteiger partial charge in [0.15, 0.2) is 5.82 Å². The maximum atomic E-state index is 12.8. The molecule has 0 spiro atoms. The summed E-state index contributed by atoms with van der Waals surface area (Å²) in [5, 5.41) is 6.06. The Hall–Kier alpha value is -2.71. The number of nitrogens with zero attached hydrogens (tertiary/aromatic N) is 5. The molecule has 0 saturated carbocycles. The highest BCUT2D eigenvalue weighted by Gasteiger charge is 2.28. The first kappa shape index (κ1) is 19.3. The van der Waals surface area contributed by atoms with Crippen LogP contribution in [0.5, 0.6) is 0 Å². The SMILES string of the molecule is O=S(=O)(/C=C/c1ccccc1)N1CCN(c2nccn3nc4c(c23)CCCC4)CC1. The molecule has 0 radical (unpaired) electrons. The molecule has 1 aliphatic heterocycles. The molecule has 5 rings (SSSR count). The third kappa shape index (κ3) is 3.61. The van der Waals surface area contributed by atoms with Crippen molar-refractivity contribution < 1.29 is 8.42 Å². The molecule has 0 N–H and O–H groups in total. The van der Waals surface area contributed by atoms with Crippen molar-refractivity contribution in [1.82, 2.24) is 18.9 Å². The van der Waals surface area contributed by atoms with E-state index >= 15 is 0 Å². The topological polar surface area (TPSA) is 70.8 Å². The van der Waals surface area contributed by atoms with E-state index in [0.717, 1.165) is 29.7 Å². The minimum absolute atomic E-state index is 0.445. The summed E-state index contributed by atoms with van der Waals surface area (Å²) >= 11 is 0. The highest BCUT2D eigenvalue weighted by molar-refractivity contribution is 7.92. The number of sulfonamides is 1. The van der Waals surface area contributed by atoms with Crippen molar-refractivity contribution in [1.29, 1.82) is 0 Å². The lowest BCUT2D eigenvalue weighted by Crippen LogP contribution is -2.48. The van der Waals surface area contributed by atoms with Gasteiger partial charge in [-0.05, 0) is 37.3 Å². The number of aryl methyl sites for hydroxylation is 2. The maximum absolute atomic E-state index is 12.8. The van der Waals surface area contributed by atoms with Gasteiger partial charge in [0, 0.05) is 49.5 Å². The number of aromatic nitrogens is 3. The monoisotopic (exact) mass is 423 g/mol. The van der Waals surface area contributed by atoms with Crippen LogP contribution in [0.3, 0.4) is 0 Å². The van der Waals surface area contributed by atoms with E-state index in [2.05, 4.69) is 9.88 Å². The Labute approximate surface area is 176 Å². The van der Waals surface area contributed by atoms with Crippen LogP contribution in [0.25, 0.3) is 11.6 Å². The summed E-state index contributed by atoms with van der Waals surface area (Å²) in [4.78, 5) is 6.85. The van der Waals surface area contributed by atoms with Crippen molar-refractivity contribution >= 4 is 27.4 Å². The third-order valence-electron chi connectivity index (χ3n) is 5.93. The Kier molecular flexibility index (Phi) is 5.04. The number of piperazine rings is 1. The molecule has 1 saturated heterocycles. The fourth-order valence-electron chi connectivity index (χ4n) is 4.35. The summed E-state index contributed by atoms with van der Waals surface area (Å²) in [6.45, 7) is 2.12. The molecule has 0 unspecified atom stereocenters. The summed E-state index contributed by atoms with van der Waals surface area (Å²) in [7, 11) is -3.45. The standard InChI is InChI=1S/C22H25N5O2S/c28-30(29,17-10-18-6-2-1-3-7-18)26-15-13-25(14-16-26)22-21-19-8-4-5-9-20(19)24-27(21)12-11-23-22/h1-3,6-7,10-12,17H,4-5,8-9,13-16H2/b17-10+. The first-order valence-corrected chi connectivity index (χ1v) is 12.0. The molecule has 2 aliphatic rings. The molecule has 1 aliphatic carbocycles. The molecular weight excluding hydrogens is 398 g/mol. The molecule has 156 valence electrons. The zero-order chi connectivity index (χ0) is 20.6. The molecule has 0 atom stereocenters. The highest BCUT2D eigenvalue weighted by Crippen LogP contribution is 2.30. The van der Waals surface area contributed by atoms with E-state index in [1.807, 2.05) is 41.0 Å². The predicted octanol–water partition coefficient (Wildman–Crippen LogP) is 2.73. The minimum Gasteiger partial charge on any atom is -0.352 e. The second-order valence-electron chi connectivity index (χ2n) is 7.82. The van der Waals surface area contributed by atoms with E-state index in [1.54, 1.807) is 16.6 Å². The van der Waals surface area contributed by atoms with Gasteiger partial charge < -0.3 is 4.90 Å². The highest BCUT2D eigenvalue weighted by atomic mass is 32.2. The van der Waals surface area contributed by atoms with Crippen molar-refractivity contribution in [3.63, 3.8) is 0 Å². The molecule has 3 heterocycles. The quantitative estimate of drug-likeness (QED) is 0.645. The first-order chi connectivity index (χ1) is 14.6. The smallest absolute Gasteiger partial charge is 0.236 e. The van der Waals surface area contributed by atoms with Crippen LogP contribution in [0.15, 0.2) is 48.1 Å². The van der Waals surface area contributed by atoms with Crippen molar-refractivity contribution in [2.75, 3.05) is 31.1 Å². The normalized spacial score (nSPS) is 18.2. The van der Waals surface area contributed by atoms with E-state index in [1.165, 1.54) is 29.5 Å². The lowest BCUT2D eigenvalue weighted by molar-refractivity contribution is 0.389. The molecular formula is C22H25N5O2S. The van der Waals surface area contributed by atoms with Gasteiger partial charge >= 0.3 is 0 Å². The van der Waals surface area contributed by atoms with Crippen LogP contribution in [0.4, 0.5) is 5.82 Å². The van der Waals surface area contributed by atoms with Crippen LogP contribution in [-0.2, 0) is 22.9 Å². The largest absolute Gasteiger partial charge is 0.352 e. The van der Waals surface area contributed by atoms with Gasteiger partial charge in [-0.1, -0.05) is 30.3 Å². The lowest BCUT2D eigenvalue weighted by atomic mass is 9.97. The molecule has 7 nitrogen and oxygen atoms in total. The van der Waals surface area contributed by atoms with E-state index in [-0.39, 0.29) is 0 Å². The van der Waals surface area contributed by atoms with Crippen molar-refractivity contribution in [3.05, 3.63) is 65.0 Å². The molecule has 1 aromatic carbocycles. The van der Waals surface area contributed by atoms with Gasteiger partial charge in [-0.3, -0.25) is 0 Å². The molecule has 3 aromatic rings. The second-order valence-corrected chi connectivity index (χ2v) is 9.64. The first-order valence-electron chi connectivity index (χ1n) is 10.5. The van der Waals surface area contributed by atoms with Crippen LogP contribution in [0.2, 0.25) is 0 Å². The Morgan fingerprint density at radius 3 is 2.53 bits per heavy atom. The molecule has 2 aromatic heterocycles. The number of hydrogen-bond donors (Lipinski definition) is 0. The van der Waals surface area contributed by atoms with Gasteiger partial charge in [0.25, 0.3) is 0 Å². The van der Waals surface area contributed by atoms with Gasteiger partial charge in [-0.15, -0.1) is 0 Å². The summed E-state index contributed by atoms with van der Waals surface area (Å²) < 4.78 is 29.0. The average Bonchev–Trinajstić information content (AvgIpc) is 3.17. The van der Waals surface area contributed by atoms with Crippen molar-refractivity contribution in [2.45, 2.75) is 25.7 Å². The fraction of sp³-hybridized carbons (Fsp3) is 0.364. The number of hydrogen-bond acceptors (Lipinski definition) is 5. The van der Waals surface area contributed by atoms with Crippen LogP contribution in [0, 0.1) is 0 Å². The summed E-state index contributed by atoms with van der Waals surface area (Å²) in [6.07, 6.45) is 9.78. The van der Waals surface area contributed by atoms with E-state index in [9.17, 15) is 8.42 Å². The molecule has 0 bridgehead atoms. The van der Waals surface area contributed by atoms with Gasteiger partial charge in [-0.25, -0.2) is 17.9 Å². The van der Waals surface area contributed by atoms with E-state index in [0.29, 0.717) is 26.2 Å². The number of anilines is 1. The Balaban J connectivity index is 1.34. The van der Waals surface area contributed by atoms with Gasteiger partial charge in [-0.2, -0.15) is 9.40 Å². The van der Waals surface area contributed by atoms with E-state index < -0.39 is 10.0 Å². The zero-order valence-corrected chi connectivity index (χ0v) is 17.6. The number of rotatable bonds is 4. The fourth-order valence-corrected chi connectivity index (χ4v) is 5.52. The number of fused-ring (bicyclic) bond motifs is 3. The van der Waals surface area contributed by atoms with E-state index in [4.69, 9.17) is 5.10 Å². The predicted molar refractivity (Wildman–Crippen MR) is 118 cm³/mol.